The molecule has 1 heterocycles. The molecule has 1 saturated carbocycles. The highest BCUT2D eigenvalue weighted by atomic mass is 79.9. The Kier molecular flexibility index (Phi) is 2.77. The molecule has 0 amide bonds. The van der Waals surface area contributed by atoms with E-state index in [4.69, 9.17) is 0 Å². The molecule has 0 unspecified atom stereocenters. The summed E-state index contributed by atoms with van der Waals surface area (Å²) < 4.78 is 1.23. The van der Waals surface area contributed by atoms with Crippen molar-refractivity contribution in [1.82, 2.24) is 5.32 Å². The van der Waals surface area contributed by atoms with Crippen molar-refractivity contribution < 1.29 is 0 Å². The maximum atomic E-state index is 3.66. The van der Waals surface area contributed by atoms with Crippen LogP contribution in [0.2, 0.25) is 0 Å². The van der Waals surface area contributed by atoms with E-state index in [1.165, 1.54) is 9.35 Å². The van der Waals surface area contributed by atoms with Crippen molar-refractivity contribution in [2.24, 2.45) is 10.8 Å². The Morgan fingerprint density at radius 1 is 1.33 bits per heavy atom. The predicted octanol–water partition coefficient (Wildman–Crippen LogP) is 4.03. The highest BCUT2D eigenvalue weighted by molar-refractivity contribution is 9.10. The molecule has 1 aromatic heterocycles. The number of nitrogens with one attached hydrogen (secondary N) is 1. The van der Waals surface area contributed by atoms with E-state index in [9.17, 15) is 0 Å². The minimum atomic E-state index is 0.427. The Morgan fingerprint density at radius 3 is 2.33 bits per heavy atom. The van der Waals surface area contributed by atoms with Gasteiger partial charge in [0.05, 0.1) is 0 Å². The minimum Gasteiger partial charge on any atom is -0.308 e. The number of rotatable bonds is 3. The fourth-order valence-electron chi connectivity index (χ4n) is 2.35. The van der Waals surface area contributed by atoms with E-state index in [2.05, 4.69) is 60.4 Å². The van der Waals surface area contributed by atoms with Gasteiger partial charge in [0.25, 0.3) is 0 Å². The van der Waals surface area contributed by atoms with Crippen LogP contribution in [0.25, 0.3) is 0 Å². The van der Waals surface area contributed by atoms with Crippen LogP contribution in [0, 0.1) is 10.8 Å². The van der Waals surface area contributed by atoms with Gasteiger partial charge in [0.1, 0.15) is 0 Å². The van der Waals surface area contributed by atoms with Gasteiger partial charge in [-0.15, -0.1) is 11.3 Å². The molecular weight excluding hydrogens is 270 g/mol. The van der Waals surface area contributed by atoms with Gasteiger partial charge in [0.15, 0.2) is 0 Å². The second kappa shape index (κ2) is 3.57. The SMILES string of the molecule is CC1(C)C(NCc2sccc2Br)C1(C)C. The van der Waals surface area contributed by atoms with Crippen LogP contribution in [0.15, 0.2) is 15.9 Å². The molecule has 0 radical (unpaired) electrons. The average molecular weight is 288 g/mol. The first kappa shape index (κ1) is 11.6. The smallest absolute Gasteiger partial charge is 0.0327 e. The quantitative estimate of drug-likeness (QED) is 0.885. The van der Waals surface area contributed by atoms with Crippen LogP contribution < -0.4 is 5.32 Å². The topological polar surface area (TPSA) is 12.0 Å². The van der Waals surface area contributed by atoms with Crippen molar-refractivity contribution in [2.75, 3.05) is 0 Å². The summed E-state index contributed by atoms with van der Waals surface area (Å²) in [5, 5.41) is 5.79. The van der Waals surface area contributed by atoms with Crippen LogP contribution in [0.5, 0.6) is 0 Å². The normalized spacial score (nSPS) is 23.0. The number of hydrogen-bond donors (Lipinski definition) is 1. The van der Waals surface area contributed by atoms with Gasteiger partial charge in [0, 0.05) is 21.9 Å². The Hall–Kier alpha value is 0.140. The van der Waals surface area contributed by atoms with E-state index in [1.54, 1.807) is 0 Å². The molecule has 1 fully saturated rings. The molecule has 0 bridgehead atoms. The monoisotopic (exact) mass is 287 g/mol. The Morgan fingerprint density at radius 2 is 1.93 bits per heavy atom. The van der Waals surface area contributed by atoms with Crippen LogP contribution in [0.4, 0.5) is 0 Å². The van der Waals surface area contributed by atoms with Gasteiger partial charge < -0.3 is 5.32 Å². The van der Waals surface area contributed by atoms with Crippen molar-refractivity contribution >= 4 is 27.3 Å². The third-order valence-electron chi connectivity index (χ3n) is 4.18. The van der Waals surface area contributed by atoms with Gasteiger partial charge in [-0.05, 0) is 38.2 Å². The van der Waals surface area contributed by atoms with Crippen LogP contribution in [-0.2, 0) is 6.54 Å². The van der Waals surface area contributed by atoms with E-state index < -0.39 is 0 Å². The van der Waals surface area contributed by atoms with Crippen molar-refractivity contribution in [3.8, 4) is 0 Å². The summed E-state index contributed by atoms with van der Waals surface area (Å²) in [5.74, 6) is 0. The molecule has 0 aromatic carbocycles. The molecule has 2 rings (SSSR count). The third-order valence-corrected chi connectivity index (χ3v) is 6.10. The Labute approximate surface area is 104 Å². The summed E-state index contributed by atoms with van der Waals surface area (Å²) in [7, 11) is 0. The van der Waals surface area contributed by atoms with Crippen LogP contribution in [-0.4, -0.2) is 6.04 Å². The standard InChI is InChI=1S/C12H18BrNS/c1-11(2)10(12(11,3)4)14-7-9-8(13)5-6-15-9/h5-6,10,14H,7H2,1-4H3. The first-order valence-electron chi connectivity index (χ1n) is 5.32. The number of halogens is 1. The molecule has 3 heteroatoms. The second-order valence-electron chi connectivity index (χ2n) is 5.45. The molecule has 1 aliphatic carbocycles. The molecule has 0 atom stereocenters. The lowest BCUT2D eigenvalue weighted by molar-refractivity contribution is 0.457. The Bertz CT molecular complexity index is 353. The van der Waals surface area contributed by atoms with Crippen LogP contribution >= 0.6 is 27.3 Å². The van der Waals surface area contributed by atoms with E-state index in [0.29, 0.717) is 16.9 Å². The molecule has 1 N–H and O–H groups in total. The van der Waals surface area contributed by atoms with Crippen molar-refractivity contribution in [1.29, 1.82) is 0 Å². The van der Waals surface area contributed by atoms with Gasteiger partial charge in [-0.1, -0.05) is 27.7 Å². The fraction of sp³-hybridized carbons (Fsp3) is 0.667. The van der Waals surface area contributed by atoms with Gasteiger partial charge in [-0.25, -0.2) is 0 Å². The molecule has 0 saturated heterocycles. The highest BCUT2D eigenvalue weighted by Crippen LogP contribution is 2.62. The number of hydrogen-bond acceptors (Lipinski definition) is 2. The molecule has 1 aromatic rings. The van der Waals surface area contributed by atoms with Gasteiger partial charge >= 0.3 is 0 Å². The van der Waals surface area contributed by atoms with Crippen LogP contribution in [0.1, 0.15) is 32.6 Å². The van der Waals surface area contributed by atoms with Crippen molar-refractivity contribution in [3.05, 3.63) is 20.8 Å². The van der Waals surface area contributed by atoms with E-state index in [0.717, 1.165) is 6.54 Å². The maximum Gasteiger partial charge on any atom is 0.0327 e. The molecule has 1 nitrogen and oxygen atoms in total. The molecular formula is C12H18BrNS. The summed E-state index contributed by atoms with van der Waals surface area (Å²) in [4.78, 5) is 1.40. The first-order valence-corrected chi connectivity index (χ1v) is 7.00. The van der Waals surface area contributed by atoms with E-state index >= 15 is 0 Å². The zero-order valence-electron chi connectivity index (χ0n) is 9.73. The summed E-state index contributed by atoms with van der Waals surface area (Å²) in [6.45, 7) is 10.3. The summed E-state index contributed by atoms with van der Waals surface area (Å²) in [6, 6.07) is 2.75. The lowest BCUT2D eigenvalue weighted by atomic mass is 10.0. The predicted molar refractivity (Wildman–Crippen MR) is 70.2 cm³/mol. The van der Waals surface area contributed by atoms with E-state index in [1.807, 2.05) is 11.3 Å². The van der Waals surface area contributed by atoms with Crippen LogP contribution in [0.3, 0.4) is 0 Å². The van der Waals surface area contributed by atoms with Crippen molar-refractivity contribution in [3.63, 3.8) is 0 Å². The number of thiophene rings is 1. The van der Waals surface area contributed by atoms with Crippen molar-refractivity contribution in [2.45, 2.75) is 40.3 Å². The molecule has 0 spiro atoms. The lowest BCUT2D eigenvalue weighted by Gasteiger charge is -2.05. The lowest BCUT2D eigenvalue weighted by Crippen LogP contribution is -2.21. The zero-order chi connectivity index (χ0) is 11.3. The van der Waals surface area contributed by atoms with Gasteiger partial charge in [0.2, 0.25) is 0 Å². The summed E-state index contributed by atoms with van der Waals surface area (Å²) in [6.07, 6.45) is 0. The average Bonchev–Trinajstić information content (AvgIpc) is 2.49. The molecule has 0 aliphatic heterocycles. The summed E-state index contributed by atoms with van der Waals surface area (Å²) in [5.41, 5.74) is 0.855. The maximum absolute atomic E-state index is 3.66. The minimum absolute atomic E-state index is 0.427. The largest absolute Gasteiger partial charge is 0.308 e. The second-order valence-corrected chi connectivity index (χ2v) is 7.30. The Balaban J connectivity index is 1.94. The van der Waals surface area contributed by atoms with E-state index in [-0.39, 0.29) is 0 Å². The zero-order valence-corrected chi connectivity index (χ0v) is 12.1. The first-order chi connectivity index (χ1) is 6.87. The molecule has 84 valence electrons. The third kappa shape index (κ3) is 1.79. The van der Waals surface area contributed by atoms with Gasteiger partial charge in [-0.3, -0.25) is 0 Å². The highest BCUT2D eigenvalue weighted by Gasteiger charge is 2.64. The molecule has 15 heavy (non-hydrogen) atoms. The summed E-state index contributed by atoms with van der Waals surface area (Å²) >= 11 is 5.37. The molecule has 1 aliphatic rings. The fourth-order valence-corrected chi connectivity index (χ4v) is 3.80. The van der Waals surface area contributed by atoms with Gasteiger partial charge in [-0.2, -0.15) is 0 Å².